The van der Waals surface area contributed by atoms with Crippen LogP contribution in [-0.2, 0) is 6.54 Å². The molecule has 5 heteroatoms. The fraction of sp³-hybridized carbons (Fsp3) is 0.231. The Morgan fingerprint density at radius 3 is 2.61 bits per heavy atom. The van der Waals surface area contributed by atoms with Gasteiger partial charge in [-0.3, -0.25) is 0 Å². The molecule has 0 saturated heterocycles. The first-order chi connectivity index (χ1) is 8.72. The molecule has 0 aromatic carbocycles. The fourth-order valence-electron chi connectivity index (χ4n) is 2.24. The summed E-state index contributed by atoms with van der Waals surface area (Å²) in [5, 5.41) is 0. The highest BCUT2D eigenvalue weighted by molar-refractivity contribution is 5.88. The van der Waals surface area contributed by atoms with Crippen molar-refractivity contribution in [1.82, 2.24) is 9.97 Å². The van der Waals surface area contributed by atoms with Gasteiger partial charge in [0.2, 0.25) is 0 Å². The average molecular weight is 241 g/mol. The Morgan fingerprint density at radius 2 is 1.83 bits per heavy atom. The molecule has 0 amide bonds. The van der Waals surface area contributed by atoms with Gasteiger partial charge in [0.05, 0.1) is 17.1 Å². The number of nitrogens with two attached hydrogens (primary N) is 1. The van der Waals surface area contributed by atoms with E-state index in [-0.39, 0.29) is 0 Å². The van der Waals surface area contributed by atoms with Gasteiger partial charge in [-0.15, -0.1) is 0 Å². The molecule has 2 aromatic heterocycles. The lowest BCUT2D eigenvalue weighted by Gasteiger charge is -2.34. The zero-order valence-electron chi connectivity index (χ0n) is 10.5. The molecule has 1 aliphatic heterocycles. The van der Waals surface area contributed by atoms with E-state index in [0.29, 0.717) is 6.54 Å². The summed E-state index contributed by atoms with van der Waals surface area (Å²) >= 11 is 0. The van der Waals surface area contributed by atoms with Crippen molar-refractivity contribution < 1.29 is 0 Å². The summed E-state index contributed by atoms with van der Waals surface area (Å²) in [6.07, 6.45) is 1.79. The van der Waals surface area contributed by atoms with Gasteiger partial charge in [0.15, 0.2) is 11.6 Å². The van der Waals surface area contributed by atoms with Crippen LogP contribution in [0.5, 0.6) is 0 Å². The minimum absolute atomic E-state index is 0.444. The first kappa shape index (κ1) is 11.0. The predicted octanol–water partition coefficient (Wildman–Crippen LogP) is 1.78. The van der Waals surface area contributed by atoms with Gasteiger partial charge < -0.3 is 15.5 Å². The van der Waals surface area contributed by atoms with Crippen molar-refractivity contribution in [3.8, 4) is 0 Å². The van der Waals surface area contributed by atoms with Gasteiger partial charge in [0.1, 0.15) is 0 Å². The Hall–Kier alpha value is -2.14. The third-order valence-electron chi connectivity index (χ3n) is 3.25. The number of hydrogen-bond acceptors (Lipinski definition) is 5. The van der Waals surface area contributed by atoms with Crippen LogP contribution >= 0.6 is 0 Å². The Bertz CT molecular complexity index is 596. The molecule has 0 aliphatic carbocycles. The minimum Gasteiger partial charge on any atom is -0.339 e. The zero-order chi connectivity index (χ0) is 12.7. The maximum Gasteiger partial charge on any atom is 0.158 e. The molecule has 0 bridgehead atoms. The summed E-state index contributed by atoms with van der Waals surface area (Å²) in [4.78, 5) is 13.1. The maximum atomic E-state index is 5.65. The summed E-state index contributed by atoms with van der Waals surface area (Å²) in [6, 6.07) is 8.01. The van der Waals surface area contributed by atoms with Gasteiger partial charge in [0, 0.05) is 26.8 Å². The fourth-order valence-corrected chi connectivity index (χ4v) is 2.24. The van der Waals surface area contributed by atoms with Crippen molar-refractivity contribution in [2.24, 2.45) is 5.73 Å². The lowest BCUT2D eigenvalue weighted by Crippen LogP contribution is -2.26. The Kier molecular flexibility index (Phi) is 2.41. The van der Waals surface area contributed by atoms with Crippen LogP contribution < -0.4 is 15.5 Å². The van der Waals surface area contributed by atoms with E-state index in [9.17, 15) is 0 Å². The van der Waals surface area contributed by atoms with Crippen molar-refractivity contribution in [1.29, 1.82) is 0 Å². The highest BCUT2D eigenvalue weighted by atomic mass is 15.3. The first-order valence-electron chi connectivity index (χ1n) is 5.85. The van der Waals surface area contributed by atoms with Crippen molar-refractivity contribution in [2.45, 2.75) is 6.54 Å². The molecular weight excluding hydrogens is 226 g/mol. The number of pyridine rings is 2. The van der Waals surface area contributed by atoms with Crippen molar-refractivity contribution >= 4 is 23.0 Å². The zero-order valence-corrected chi connectivity index (χ0v) is 10.5. The molecule has 0 unspecified atom stereocenters. The number of fused-ring (bicyclic) bond motifs is 2. The third kappa shape index (κ3) is 1.44. The molecule has 18 heavy (non-hydrogen) atoms. The quantitative estimate of drug-likeness (QED) is 0.824. The molecule has 0 saturated carbocycles. The van der Waals surface area contributed by atoms with Gasteiger partial charge in [-0.1, -0.05) is 0 Å². The van der Waals surface area contributed by atoms with E-state index in [1.807, 2.05) is 31.1 Å². The van der Waals surface area contributed by atoms with E-state index in [4.69, 9.17) is 5.73 Å². The Labute approximate surface area is 106 Å². The van der Waals surface area contributed by atoms with Crippen LogP contribution in [0.2, 0.25) is 0 Å². The number of anilines is 4. The number of rotatable bonds is 1. The van der Waals surface area contributed by atoms with Gasteiger partial charge >= 0.3 is 0 Å². The van der Waals surface area contributed by atoms with Crippen LogP contribution in [0.4, 0.5) is 23.0 Å². The normalized spacial score (nSPS) is 13.3. The summed E-state index contributed by atoms with van der Waals surface area (Å²) < 4.78 is 0. The second-order valence-corrected chi connectivity index (χ2v) is 4.31. The van der Waals surface area contributed by atoms with E-state index in [1.165, 1.54) is 0 Å². The van der Waals surface area contributed by atoms with Crippen LogP contribution in [0.3, 0.4) is 0 Å². The predicted molar refractivity (Wildman–Crippen MR) is 72.5 cm³/mol. The van der Waals surface area contributed by atoms with E-state index < -0.39 is 0 Å². The molecule has 2 aromatic rings. The van der Waals surface area contributed by atoms with Crippen molar-refractivity contribution in [3.63, 3.8) is 0 Å². The number of aromatic nitrogens is 2. The second-order valence-electron chi connectivity index (χ2n) is 4.31. The van der Waals surface area contributed by atoms with E-state index >= 15 is 0 Å². The van der Waals surface area contributed by atoms with E-state index in [0.717, 1.165) is 28.7 Å². The third-order valence-corrected chi connectivity index (χ3v) is 3.25. The maximum absolute atomic E-state index is 5.65. The van der Waals surface area contributed by atoms with Crippen molar-refractivity contribution in [3.05, 3.63) is 36.2 Å². The van der Waals surface area contributed by atoms with Gasteiger partial charge in [-0.2, -0.15) is 0 Å². The van der Waals surface area contributed by atoms with Crippen LogP contribution in [0.15, 0.2) is 30.5 Å². The monoisotopic (exact) mass is 241 g/mol. The standard InChI is InChI=1S/C13H15N5/c1-17-10-4-3-7-15-12(10)18(2)13-11(17)6-5-9(8-14)16-13/h3-7H,8,14H2,1-2H3. The van der Waals surface area contributed by atoms with Gasteiger partial charge in [-0.05, 0) is 24.3 Å². The molecule has 1 aliphatic rings. The molecule has 0 fully saturated rings. The average Bonchev–Trinajstić information content (AvgIpc) is 2.44. The number of hydrogen-bond donors (Lipinski definition) is 1. The minimum atomic E-state index is 0.444. The Balaban J connectivity index is 2.20. The summed E-state index contributed by atoms with van der Waals surface area (Å²) in [5.41, 5.74) is 8.67. The topological polar surface area (TPSA) is 58.3 Å². The lowest BCUT2D eigenvalue weighted by molar-refractivity contribution is 0.946. The van der Waals surface area contributed by atoms with E-state index in [2.05, 4.69) is 27.0 Å². The molecule has 0 atom stereocenters. The van der Waals surface area contributed by atoms with Crippen LogP contribution in [0, 0.1) is 0 Å². The lowest BCUT2D eigenvalue weighted by atomic mass is 10.2. The highest BCUT2D eigenvalue weighted by Crippen LogP contribution is 2.43. The van der Waals surface area contributed by atoms with Crippen LogP contribution in [0.1, 0.15) is 5.69 Å². The van der Waals surface area contributed by atoms with Crippen molar-refractivity contribution in [2.75, 3.05) is 23.9 Å². The Morgan fingerprint density at radius 1 is 1.06 bits per heavy atom. The largest absolute Gasteiger partial charge is 0.339 e. The van der Waals surface area contributed by atoms with E-state index in [1.54, 1.807) is 6.20 Å². The van der Waals surface area contributed by atoms with Crippen LogP contribution in [0.25, 0.3) is 0 Å². The second kappa shape index (κ2) is 3.96. The highest BCUT2D eigenvalue weighted by Gasteiger charge is 2.25. The molecule has 92 valence electrons. The molecule has 3 heterocycles. The molecule has 3 rings (SSSR count). The molecular formula is C13H15N5. The molecule has 0 spiro atoms. The van der Waals surface area contributed by atoms with Crippen LogP contribution in [-0.4, -0.2) is 24.1 Å². The summed E-state index contributed by atoms with van der Waals surface area (Å²) in [7, 11) is 4.00. The molecule has 5 nitrogen and oxygen atoms in total. The number of nitrogens with zero attached hydrogens (tertiary/aromatic N) is 4. The smallest absolute Gasteiger partial charge is 0.158 e. The SMILES string of the molecule is CN1c2cccnc2N(C)c2nc(CN)ccc21. The summed E-state index contributed by atoms with van der Waals surface area (Å²) in [6.45, 7) is 0.444. The summed E-state index contributed by atoms with van der Waals surface area (Å²) in [5.74, 6) is 1.81. The van der Waals surface area contributed by atoms with Gasteiger partial charge in [0.25, 0.3) is 0 Å². The van der Waals surface area contributed by atoms with Gasteiger partial charge in [-0.25, -0.2) is 9.97 Å². The molecule has 2 N–H and O–H groups in total. The first-order valence-corrected chi connectivity index (χ1v) is 5.85. The molecule has 0 radical (unpaired) electrons.